The maximum absolute atomic E-state index is 5.20. The zero-order valence-electron chi connectivity index (χ0n) is 6.69. The van der Waals surface area contributed by atoms with E-state index in [1.54, 1.807) is 11.1 Å². The van der Waals surface area contributed by atoms with E-state index in [4.69, 9.17) is 4.74 Å². The third kappa shape index (κ3) is 0.975. The number of para-hydroxylation sites is 1. The number of rotatable bonds is 1. The molecule has 0 fully saturated rings. The van der Waals surface area contributed by atoms with Gasteiger partial charge in [0, 0.05) is 11.6 Å². The summed E-state index contributed by atoms with van der Waals surface area (Å²) in [5, 5.41) is 1.14. The molecule has 0 bridgehead atoms. The largest absolute Gasteiger partial charge is 0.495 e. The van der Waals surface area contributed by atoms with Gasteiger partial charge in [0.05, 0.1) is 7.11 Å². The fraction of sp³-hybridized carbons (Fsp3) is 0.111. The Bertz CT molecular complexity index is 408. The van der Waals surface area contributed by atoms with Gasteiger partial charge in [-0.1, -0.05) is 24.9 Å². The predicted octanol–water partition coefficient (Wildman–Crippen LogP) is 2.34. The maximum atomic E-state index is 5.20. The lowest BCUT2D eigenvalue weighted by Gasteiger charge is -2.02. The minimum atomic E-state index is 0.854. The predicted molar refractivity (Wildman–Crippen MR) is 52.9 cm³/mol. The van der Waals surface area contributed by atoms with Gasteiger partial charge in [-0.05, 0) is 12.1 Å². The van der Waals surface area contributed by atoms with Crippen LogP contribution in [0.1, 0.15) is 0 Å². The van der Waals surface area contributed by atoms with Crippen molar-refractivity contribution in [2.45, 2.75) is 0 Å². The molecular formula is C9H9NOS. The van der Waals surface area contributed by atoms with E-state index in [0.29, 0.717) is 0 Å². The third-order valence-electron chi connectivity index (χ3n) is 1.87. The summed E-state index contributed by atoms with van der Waals surface area (Å²) in [7, 11) is 1.66. The van der Waals surface area contributed by atoms with Crippen LogP contribution in [0.4, 0.5) is 0 Å². The molecule has 0 N–H and O–H groups in total. The van der Waals surface area contributed by atoms with Crippen molar-refractivity contribution in [3.8, 4) is 5.75 Å². The molecule has 12 heavy (non-hydrogen) atoms. The number of nitrogens with zero attached hydrogens (tertiary/aromatic N) is 1. The standard InChI is InChI=1S/C9H9NOS/c1-11-8-4-2-3-7-5-6-10(12)9(7)8/h2-6,12H,1H3. The van der Waals surface area contributed by atoms with Gasteiger partial charge in [0.2, 0.25) is 0 Å². The Labute approximate surface area is 76.3 Å². The van der Waals surface area contributed by atoms with Gasteiger partial charge in [-0.2, -0.15) is 0 Å². The van der Waals surface area contributed by atoms with Crippen molar-refractivity contribution in [2.75, 3.05) is 7.11 Å². The first-order chi connectivity index (χ1) is 5.83. The van der Waals surface area contributed by atoms with Crippen LogP contribution in [-0.4, -0.2) is 11.1 Å². The lowest BCUT2D eigenvalue weighted by atomic mass is 10.2. The Balaban J connectivity index is 2.84. The molecule has 0 unspecified atom stereocenters. The van der Waals surface area contributed by atoms with Crippen molar-refractivity contribution in [3.05, 3.63) is 30.5 Å². The normalized spacial score (nSPS) is 10.5. The van der Waals surface area contributed by atoms with Gasteiger partial charge in [-0.15, -0.1) is 0 Å². The van der Waals surface area contributed by atoms with Crippen LogP contribution >= 0.6 is 12.8 Å². The highest BCUT2D eigenvalue weighted by Gasteiger charge is 2.03. The molecule has 0 aliphatic rings. The van der Waals surface area contributed by atoms with E-state index in [2.05, 4.69) is 12.8 Å². The summed E-state index contributed by atoms with van der Waals surface area (Å²) < 4.78 is 6.96. The summed E-state index contributed by atoms with van der Waals surface area (Å²) in [6.07, 6.45) is 1.90. The van der Waals surface area contributed by atoms with Gasteiger partial charge in [-0.25, -0.2) is 0 Å². The highest BCUT2D eigenvalue weighted by atomic mass is 32.1. The summed E-state index contributed by atoms with van der Waals surface area (Å²) in [6, 6.07) is 7.93. The lowest BCUT2D eigenvalue weighted by molar-refractivity contribution is 0.419. The van der Waals surface area contributed by atoms with Crippen molar-refractivity contribution in [1.82, 2.24) is 3.97 Å². The molecule has 62 valence electrons. The van der Waals surface area contributed by atoms with Crippen molar-refractivity contribution >= 4 is 23.7 Å². The molecule has 0 saturated carbocycles. The van der Waals surface area contributed by atoms with Crippen LogP contribution in [-0.2, 0) is 0 Å². The number of fused-ring (bicyclic) bond motifs is 1. The van der Waals surface area contributed by atoms with Crippen LogP contribution in [0.3, 0.4) is 0 Å². The highest BCUT2D eigenvalue weighted by Crippen LogP contribution is 2.26. The van der Waals surface area contributed by atoms with Crippen LogP contribution in [0.15, 0.2) is 30.5 Å². The molecule has 0 aliphatic carbocycles. The Hall–Kier alpha value is -1.09. The molecule has 0 aliphatic heterocycles. The van der Waals surface area contributed by atoms with Crippen molar-refractivity contribution in [1.29, 1.82) is 0 Å². The van der Waals surface area contributed by atoms with Gasteiger partial charge >= 0.3 is 0 Å². The van der Waals surface area contributed by atoms with Gasteiger partial charge in [-0.3, -0.25) is 3.97 Å². The minimum Gasteiger partial charge on any atom is -0.495 e. The van der Waals surface area contributed by atoms with E-state index < -0.39 is 0 Å². The lowest BCUT2D eigenvalue weighted by Crippen LogP contribution is -1.86. The van der Waals surface area contributed by atoms with Crippen LogP contribution in [0, 0.1) is 0 Å². The van der Waals surface area contributed by atoms with Gasteiger partial charge in [0.1, 0.15) is 11.3 Å². The molecule has 0 spiro atoms. The zero-order valence-corrected chi connectivity index (χ0v) is 7.58. The van der Waals surface area contributed by atoms with Crippen LogP contribution < -0.4 is 4.74 Å². The molecule has 2 nitrogen and oxygen atoms in total. The van der Waals surface area contributed by atoms with Gasteiger partial charge < -0.3 is 4.74 Å². The second kappa shape index (κ2) is 2.75. The first kappa shape index (κ1) is 7.55. The maximum Gasteiger partial charge on any atom is 0.143 e. The number of benzene rings is 1. The highest BCUT2D eigenvalue weighted by molar-refractivity contribution is 7.78. The molecule has 0 atom stereocenters. The fourth-order valence-corrected chi connectivity index (χ4v) is 1.59. The molecule has 1 heterocycles. The summed E-state index contributed by atoms with van der Waals surface area (Å²) >= 11 is 4.26. The Morgan fingerprint density at radius 1 is 1.33 bits per heavy atom. The number of aromatic nitrogens is 1. The molecule has 2 rings (SSSR count). The molecule has 0 radical (unpaired) electrons. The monoisotopic (exact) mass is 179 g/mol. The van der Waals surface area contributed by atoms with E-state index in [1.807, 2.05) is 30.5 Å². The third-order valence-corrected chi connectivity index (χ3v) is 2.21. The molecule has 1 aromatic carbocycles. The van der Waals surface area contributed by atoms with E-state index in [-0.39, 0.29) is 0 Å². The zero-order chi connectivity index (χ0) is 8.55. The number of hydrogen-bond donors (Lipinski definition) is 1. The van der Waals surface area contributed by atoms with E-state index >= 15 is 0 Å². The minimum absolute atomic E-state index is 0.854. The van der Waals surface area contributed by atoms with Crippen LogP contribution in [0.25, 0.3) is 10.9 Å². The molecule has 3 heteroatoms. The summed E-state index contributed by atoms with van der Waals surface area (Å²) in [5.74, 6) is 0.854. The summed E-state index contributed by atoms with van der Waals surface area (Å²) in [6.45, 7) is 0. The smallest absolute Gasteiger partial charge is 0.143 e. The van der Waals surface area contributed by atoms with Crippen LogP contribution in [0.2, 0.25) is 0 Å². The number of ether oxygens (including phenoxy) is 1. The molecule has 2 aromatic rings. The Morgan fingerprint density at radius 2 is 2.17 bits per heavy atom. The average molecular weight is 179 g/mol. The molecule has 1 aromatic heterocycles. The SMILES string of the molecule is COc1cccc2ccn(S)c12. The van der Waals surface area contributed by atoms with Gasteiger partial charge in [0.25, 0.3) is 0 Å². The summed E-state index contributed by atoms with van der Waals surface area (Å²) in [5.41, 5.74) is 1.02. The number of methoxy groups -OCH3 is 1. The first-order valence-electron chi connectivity index (χ1n) is 3.66. The second-order valence-electron chi connectivity index (χ2n) is 2.56. The van der Waals surface area contributed by atoms with Gasteiger partial charge in [0.15, 0.2) is 0 Å². The Kier molecular flexibility index (Phi) is 1.73. The second-order valence-corrected chi connectivity index (χ2v) is 2.99. The number of hydrogen-bond acceptors (Lipinski definition) is 2. The molecular weight excluding hydrogens is 170 g/mol. The van der Waals surface area contributed by atoms with Crippen LogP contribution in [0.5, 0.6) is 5.75 Å². The first-order valence-corrected chi connectivity index (χ1v) is 4.06. The Morgan fingerprint density at radius 3 is 2.92 bits per heavy atom. The van der Waals surface area contributed by atoms with E-state index in [0.717, 1.165) is 16.7 Å². The number of thiol groups is 1. The molecule has 0 amide bonds. The summed E-state index contributed by atoms with van der Waals surface area (Å²) in [4.78, 5) is 0. The molecule has 0 saturated heterocycles. The van der Waals surface area contributed by atoms with Crippen molar-refractivity contribution < 1.29 is 4.74 Å². The van der Waals surface area contributed by atoms with Crippen molar-refractivity contribution in [2.24, 2.45) is 0 Å². The fourth-order valence-electron chi connectivity index (χ4n) is 1.31. The topological polar surface area (TPSA) is 14.2 Å². The average Bonchev–Trinajstić information content (AvgIpc) is 2.48. The van der Waals surface area contributed by atoms with E-state index in [9.17, 15) is 0 Å². The quantitative estimate of drug-likeness (QED) is 0.664. The van der Waals surface area contributed by atoms with Crippen molar-refractivity contribution in [3.63, 3.8) is 0 Å². The van der Waals surface area contributed by atoms with E-state index in [1.165, 1.54) is 0 Å².